The van der Waals surface area contributed by atoms with Crippen LogP contribution in [0.25, 0.3) is 22.9 Å². The van der Waals surface area contributed by atoms with Crippen molar-refractivity contribution < 1.29 is 9.53 Å². The quantitative estimate of drug-likeness (QED) is 0.381. The number of hydrogen-bond donors (Lipinski definition) is 1. The number of rotatable bonds is 7. The van der Waals surface area contributed by atoms with Crippen molar-refractivity contribution in [2.75, 3.05) is 0 Å². The molecule has 0 bridgehead atoms. The normalized spacial score (nSPS) is 14.1. The number of fused-ring (bicyclic) bond motifs is 1. The highest BCUT2D eigenvalue weighted by molar-refractivity contribution is 6.74. The van der Waals surface area contributed by atoms with E-state index < -0.39 is 8.32 Å². The van der Waals surface area contributed by atoms with Gasteiger partial charge in [-0.2, -0.15) is 0 Å². The third kappa shape index (κ3) is 4.44. The Hall–Kier alpha value is -1.78. The Morgan fingerprint density at radius 1 is 1.21 bits per heavy atom. The second-order valence-electron chi connectivity index (χ2n) is 9.12. The molecular weight excluding hydrogens is 362 g/mol. The maximum Gasteiger partial charge on any atom is 0.194 e. The van der Waals surface area contributed by atoms with E-state index in [9.17, 15) is 5.11 Å². The first-order valence-corrected chi connectivity index (χ1v) is 13.2. The number of aliphatic hydroxyl groups is 1. The summed E-state index contributed by atoms with van der Waals surface area (Å²) in [5.41, 5.74) is 4.19. The molecule has 0 unspecified atom stereocenters. The average molecular weight is 400 g/mol. The topological polar surface area (TPSA) is 34.4 Å². The molecule has 0 atom stereocenters. The van der Waals surface area contributed by atoms with Crippen LogP contribution in [0.5, 0.6) is 0 Å². The highest BCUT2D eigenvalue weighted by atomic mass is 28.4. The van der Waals surface area contributed by atoms with Gasteiger partial charge in [0.25, 0.3) is 0 Å². The predicted molar refractivity (Wildman–Crippen MR) is 125 cm³/mol. The van der Waals surface area contributed by atoms with Crippen LogP contribution >= 0.6 is 0 Å². The number of benzene rings is 1. The molecule has 28 heavy (non-hydrogen) atoms. The minimum Gasteiger partial charge on any atom is -0.494 e. The number of nitrogens with zero attached hydrogens (tertiary/aromatic N) is 1. The van der Waals surface area contributed by atoms with Crippen LogP contribution in [0.15, 0.2) is 35.9 Å². The van der Waals surface area contributed by atoms with Crippen molar-refractivity contribution in [3.63, 3.8) is 0 Å². The third-order valence-corrected chi connectivity index (χ3v) is 10.4. The van der Waals surface area contributed by atoms with Crippen molar-refractivity contribution in [1.82, 2.24) is 4.57 Å². The maximum atomic E-state index is 11.1. The van der Waals surface area contributed by atoms with Crippen LogP contribution in [0, 0.1) is 0 Å². The molecule has 0 radical (unpaired) electrons. The molecule has 1 heterocycles. The molecule has 1 aromatic heterocycles. The molecule has 2 aromatic rings. The summed E-state index contributed by atoms with van der Waals surface area (Å²) >= 11 is 0. The second-order valence-corrected chi connectivity index (χ2v) is 13.9. The highest BCUT2D eigenvalue weighted by Crippen LogP contribution is 2.38. The van der Waals surface area contributed by atoms with Gasteiger partial charge in [0.2, 0.25) is 0 Å². The number of hydrogen-bond acceptors (Lipinski definition) is 2. The number of para-hydroxylation sites is 1. The van der Waals surface area contributed by atoms with Crippen LogP contribution in [0.3, 0.4) is 0 Å². The molecule has 0 amide bonds. The highest BCUT2D eigenvalue weighted by Gasteiger charge is 2.37. The molecule has 1 aromatic carbocycles. The van der Waals surface area contributed by atoms with Crippen LogP contribution in [-0.4, -0.2) is 18.0 Å². The van der Waals surface area contributed by atoms with Crippen LogP contribution in [0.4, 0.5) is 0 Å². The maximum absolute atomic E-state index is 11.1. The van der Waals surface area contributed by atoms with Crippen molar-refractivity contribution in [3.05, 3.63) is 47.2 Å². The van der Waals surface area contributed by atoms with Gasteiger partial charge in [0, 0.05) is 10.9 Å². The summed E-state index contributed by atoms with van der Waals surface area (Å²) in [6, 6.07) is 8.28. The summed E-state index contributed by atoms with van der Waals surface area (Å²) in [7, 11) is -1.92. The summed E-state index contributed by atoms with van der Waals surface area (Å²) in [6.45, 7) is 18.0. The van der Waals surface area contributed by atoms with Crippen molar-refractivity contribution in [3.8, 4) is 0 Å². The molecule has 0 fully saturated rings. The molecule has 0 aliphatic heterocycles. The lowest BCUT2D eigenvalue weighted by Crippen LogP contribution is -2.40. The summed E-state index contributed by atoms with van der Waals surface area (Å²) in [4.78, 5) is 0. The van der Waals surface area contributed by atoms with Crippen LogP contribution in [0.2, 0.25) is 18.1 Å². The lowest BCUT2D eigenvalue weighted by Gasteiger charge is -2.36. The number of aromatic nitrogens is 1. The molecule has 154 valence electrons. The minimum absolute atomic E-state index is 0.139. The molecular formula is C24H37NO2Si. The molecule has 3 nitrogen and oxygen atoms in total. The summed E-state index contributed by atoms with van der Waals surface area (Å²) in [5, 5.41) is 12.4. The fourth-order valence-electron chi connectivity index (χ4n) is 3.20. The Labute approximate surface area is 171 Å². The molecule has 1 N–H and O–H groups in total. The SMILES string of the molecule is CC=Cc1c(CO[Si](C)(C)C(C)(C)C)n(C(O)=C(C)CCC)c2ccccc12. The van der Waals surface area contributed by atoms with E-state index in [2.05, 4.69) is 71.1 Å². The molecule has 0 aliphatic rings. The number of aliphatic hydroxyl groups excluding tert-OH is 1. The van der Waals surface area contributed by atoms with E-state index >= 15 is 0 Å². The van der Waals surface area contributed by atoms with Gasteiger partial charge in [-0.15, -0.1) is 0 Å². The smallest absolute Gasteiger partial charge is 0.194 e. The van der Waals surface area contributed by atoms with E-state index in [4.69, 9.17) is 4.43 Å². The van der Waals surface area contributed by atoms with E-state index in [1.54, 1.807) is 0 Å². The van der Waals surface area contributed by atoms with E-state index in [1.807, 2.05) is 24.5 Å². The lowest BCUT2D eigenvalue weighted by atomic mass is 10.1. The molecule has 2 rings (SSSR count). The first-order chi connectivity index (χ1) is 13.0. The zero-order chi connectivity index (χ0) is 21.1. The third-order valence-electron chi connectivity index (χ3n) is 5.94. The summed E-state index contributed by atoms with van der Waals surface area (Å²) in [5.74, 6) is 0.336. The minimum atomic E-state index is -1.92. The Kier molecular flexibility index (Phi) is 7.00. The van der Waals surface area contributed by atoms with Gasteiger partial charge in [-0.05, 0) is 50.0 Å². The van der Waals surface area contributed by atoms with E-state index in [-0.39, 0.29) is 5.04 Å². The predicted octanol–water partition coefficient (Wildman–Crippen LogP) is 7.74. The van der Waals surface area contributed by atoms with Crippen LogP contribution in [-0.2, 0) is 11.0 Å². The first kappa shape index (κ1) is 22.5. The summed E-state index contributed by atoms with van der Waals surface area (Å²) in [6.07, 6.45) is 6.07. The second kappa shape index (κ2) is 8.71. The molecule has 0 saturated heterocycles. The van der Waals surface area contributed by atoms with Gasteiger partial charge < -0.3 is 9.53 Å². The Morgan fingerprint density at radius 3 is 2.43 bits per heavy atom. The van der Waals surface area contributed by atoms with E-state index in [0.717, 1.165) is 40.6 Å². The Balaban J connectivity index is 2.70. The average Bonchev–Trinajstić information content (AvgIpc) is 2.92. The molecule has 0 aliphatic carbocycles. The molecule has 0 spiro atoms. The lowest BCUT2D eigenvalue weighted by molar-refractivity contribution is 0.268. The van der Waals surface area contributed by atoms with E-state index in [1.165, 1.54) is 0 Å². The largest absolute Gasteiger partial charge is 0.494 e. The van der Waals surface area contributed by atoms with Crippen molar-refractivity contribution in [2.45, 2.75) is 79.1 Å². The van der Waals surface area contributed by atoms with Gasteiger partial charge in [0.1, 0.15) is 0 Å². The van der Waals surface area contributed by atoms with Crippen molar-refractivity contribution >= 4 is 31.2 Å². The standard InChI is InChI=1S/C24H37NO2Si/c1-9-13-18(3)23(26)25-21-16-12-11-15-20(21)19(14-10-2)22(25)17-27-28(7,8)24(4,5)6/h10-12,14-16,26H,9,13,17H2,1-8H3. The van der Waals surface area contributed by atoms with Gasteiger partial charge >= 0.3 is 0 Å². The first-order valence-electron chi connectivity index (χ1n) is 10.3. The zero-order valence-corrected chi connectivity index (χ0v) is 19.9. The Bertz CT molecular complexity index is 882. The number of allylic oxidation sites excluding steroid dienone is 2. The molecule has 0 saturated carbocycles. The van der Waals surface area contributed by atoms with Gasteiger partial charge in [-0.1, -0.05) is 64.5 Å². The fraction of sp³-hybridized carbons (Fsp3) is 0.500. The van der Waals surface area contributed by atoms with Gasteiger partial charge in [0.05, 0.1) is 17.8 Å². The fourth-order valence-corrected chi connectivity index (χ4v) is 4.13. The monoisotopic (exact) mass is 399 g/mol. The zero-order valence-electron chi connectivity index (χ0n) is 18.9. The van der Waals surface area contributed by atoms with E-state index in [0.29, 0.717) is 12.5 Å². The van der Waals surface area contributed by atoms with Crippen molar-refractivity contribution in [2.24, 2.45) is 0 Å². The van der Waals surface area contributed by atoms with Crippen molar-refractivity contribution in [1.29, 1.82) is 0 Å². The van der Waals surface area contributed by atoms with Gasteiger partial charge in [0.15, 0.2) is 14.2 Å². The Morgan fingerprint density at radius 2 is 1.86 bits per heavy atom. The van der Waals surface area contributed by atoms with Crippen LogP contribution < -0.4 is 0 Å². The summed E-state index contributed by atoms with van der Waals surface area (Å²) < 4.78 is 8.58. The van der Waals surface area contributed by atoms with Gasteiger partial charge in [-0.3, -0.25) is 4.57 Å². The van der Waals surface area contributed by atoms with Crippen LogP contribution in [0.1, 0.15) is 65.6 Å². The van der Waals surface area contributed by atoms with Gasteiger partial charge in [-0.25, -0.2) is 0 Å². The molecule has 4 heteroatoms.